The van der Waals surface area contributed by atoms with Gasteiger partial charge in [-0.2, -0.15) is 10.1 Å². The zero-order chi connectivity index (χ0) is 26.3. The first-order valence-corrected chi connectivity index (χ1v) is 12.6. The molecule has 3 aromatic heterocycles. The Morgan fingerprint density at radius 3 is 2.73 bits per heavy atom. The maximum absolute atomic E-state index is 12.5. The van der Waals surface area contributed by atoms with Crippen LogP contribution in [0.5, 0.6) is 0 Å². The molecule has 1 N–H and O–H groups in total. The highest BCUT2D eigenvalue weighted by atomic mass is 16.5. The van der Waals surface area contributed by atoms with Crippen LogP contribution in [0.25, 0.3) is 16.8 Å². The van der Waals surface area contributed by atoms with Crippen molar-refractivity contribution in [3.63, 3.8) is 0 Å². The minimum Gasteiger partial charge on any atom is -0.367 e. The molecule has 1 saturated heterocycles. The highest BCUT2D eigenvalue weighted by molar-refractivity contribution is 5.89. The van der Waals surface area contributed by atoms with Gasteiger partial charge in [-0.25, -0.2) is 9.50 Å². The summed E-state index contributed by atoms with van der Waals surface area (Å²) >= 11 is 0. The minimum atomic E-state index is -0.386. The fourth-order valence-corrected chi connectivity index (χ4v) is 4.51. The van der Waals surface area contributed by atoms with Crippen molar-refractivity contribution < 1.29 is 9.32 Å². The van der Waals surface area contributed by atoms with E-state index in [4.69, 9.17) is 4.52 Å². The van der Waals surface area contributed by atoms with Crippen molar-refractivity contribution in [2.45, 2.75) is 52.6 Å². The number of nitrogens with one attached hydrogen (secondary N) is 1. The van der Waals surface area contributed by atoms with Gasteiger partial charge in [0.15, 0.2) is 5.82 Å². The van der Waals surface area contributed by atoms with Gasteiger partial charge in [0.25, 0.3) is 0 Å². The topological polar surface area (TPSA) is 105 Å². The number of rotatable bonds is 5. The molecular weight excluding hydrogens is 468 g/mol. The minimum absolute atomic E-state index is 0.0265. The molecule has 4 aromatic rings. The second-order valence-corrected chi connectivity index (χ2v) is 10.9. The molecular formula is C27H34N8O2. The van der Waals surface area contributed by atoms with Crippen molar-refractivity contribution in [2.24, 2.45) is 0 Å². The molecule has 4 heterocycles. The number of fused-ring (bicyclic) bond motifs is 1. The third kappa shape index (κ3) is 5.06. The number of nitrogens with zero attached hydrogens (tertiary/aromatic N) is 7. The number of anilines is 1. The van der Waals surface area contributed by atoms with E-state index in [1.807, 2.05) is 44.3 Å². The van der Waals surface area contributed by atoms with E-state index in [0.29, 0.717) is 18.4 Å². The summed E-state index contributed by atoms with van der Waals surface area (Å²) in [5.41, 5.74) is 5.77. The molecule has 194 valence electrons. The summed E-state index contributed by atoms with van der Waals surface area (Å²) < 4.78 is 7.05. The number of hydrogen-bond donors (Lipinski definition) is 1. The van der Waals surface area contributed by atoms with Crippen LogP contribution in [0.1, 0.15) is 55.3 Å². The van der Waals surface area contributed by atoms with Crippen molar-refractivity contribution >= 4 is 17.1 Å². The third-order valence-corrected chi connectivity index (χ3v) is 7.06. The quantitative estimate of drug-likeness (QED) is 0.443. The fraction of sp³-hybridized carbons (Fsp3) is 0.444. The summed E-state index contributed by atoms with van der Waals surface area (Å²) in [5, 5.41) is 11.3. The maximum Gasteiger partial charge on any atom is 0.315 e. The molecule has 10 nitrogen and oxygen atoms in total. The lowest BCUT2D eigenvalue weighted by atomic mass is 9.96. The first-order valence-electron chi connectivity index (χ1n) is 12.6. The van der Waals surface area contributed by atoms with Crippen LogP contribution in [0.4, 0.5) is 5.69 Å². The number of piperazine rings is 1. The molecule has 1 atom stereocenters. The van der Waals surface area contributed by atoms with Gasteiger partial charge >= 0.3 is 11.8 Å². The van der Waals surface area contributed by atoms with E-state index in [9.17, 15) is 4.79 Å². The monoisotopic (exact) mass is 502 g/mol. The molecule has 0 unspecified atom stereocenters. The molecule has 0 bridgehead atoms. The lowest BCUT2D eigenvalue weighted by Crippen LogP contribution is -2.50. The van der Waals surface area contributed by atoms with Crippen LogP contribution in [0.3, 0.4) is 0 Å². The Hall–Kier alpha value is -3.79. The average Bonchev–Trinajstić information content (AvgIpc) is 3.52. The van der Waals surface area contributed by atoms with Gasteiger partial charge in [-0.3, -0.25) is 4.79 Å². The number of likely N-dealkylation sites (N-methyl/N-ethyl adjacent to an activating group) is 1. The van der Waals surface area contributed by atoms with Crippen LogP contribution in [-0.2, 0) is 12.0 Å². The van der Waals surface area contributed by atoms with Crippen LogP contribution >= 0.6 is 0 Å². The van der Waals surface area contributed by atoms with Gasteiger partial charge in [0, 0.05) is 43.2 Å². The standard InChI is InChI=1S/C27H34N8O2/c1-17-11-19(7-8-20(17)13-28-24(36)25-31-26(32-37-25)27(3,4)5)23-22-12-21(15-35(22)30-16-29-23)34-10-9-33(6)18(2)14-34/h7-8,11-12,15-16,18H,9-10,13-14H2,1-6H3,(H,28,36)/t18-/m1/s1. The highest BCUT2D eigenvalue weighted by Gasteiger charge is 2.24. The van der Waals surface area contributed by atoms with Crippen molar-refractivity contribution in [1.82, 2.24) is 35.0 Å². The lowest BCUT2D eigenvalue weighted by Gasteiger charge is -2.38. The summed E-state index contributed by atoms with van der Waals surface area (Å²) in [6.45, 7) is 13.6. The number of aryl methyl sites for hydroxylation is 1. The molecule has 0 saturated carbocycles. The van der Waals surface area contributed by atoms with Crippen LogP contribution in [0, 0.1) is 6.92 Å². The van der Waals surface area contributed by atoms with Crippen molar-refractivity contribution in [1.29, 1.82) is 0 Å². The van der Waals surface area contributed by atoms with Crippen molar-refractivity contribution in [3.8, 4) is 11.3 Å². The van der Waals surface area contributed by atoms with Gasteiger partial charge in [-0.05, 0) is 44.2 Å². The van der Waals surface area contributed by atoms with Crippen molar-refractivity contribution in [2.75, 3.05) is 31.6 Å². The van der Waals surface area contributed by atoms with Gasteiger partial charge in [-0.1, -0.05) is 38.1 Å². The molecule has 1 aromatic carbocycles. The van der Waals surface area contributed by atoms with Gasteiger partial charge in [0.2, 0.25) is 0 Å². The first kappa shape index (κ1) is 24.9. The Labute approximate surface area is 216 Å². The fourth-order valence-electron chi connectivity index (χ4n) is 4.51. The van der Waals surface area contributed by atoms with Gasteiger partial charge in [0.05, 0.1) is 23.1 Å². The predicted molar refractivity (Wildman–Crippen MR) is 142 cm³/mol. The van der Waals surface area contributed by atoms with Crippen LogP contribution < -0.4 is 10.2 Å². The lowest BCUT2D eigenvalue weighted by molar-refractivity contribution is 0.0907. The van der Waals surface area contributed by atoms with Gasteiger partial charge in [-0.15, -0.1) is 0 Å². The summed E-state index contributed by atoms with van der Waals surface area (Å²) in [6, 6.07) is 8.82. The van der Waals surface area contributed by atoms with Crippen LogP contribution in [0.15, 0.2) is 41.3 Å². The van der Waals surface area contributed by atoms with Crippen LogP contribution in [0.2, 0.25) is 0 Å². The number of amides is 1. The normalized spacial score (nSPS) is 16.9. The molecule has 1 aliphatic rings. The second kappa shape index (κ2) is 9.59. The molecule has 0 radical (unpaired) electrons. The van der Waals surface area contributed by atoms with Gasteiger partial charge < -0.3 is 19.6 Å². The number of benzene rings is 1. The second-order valence-electron chi connectivity index (χ2n) is 10.9. The largest absolute Gasteiger partial charge is 0.367 e. The van der Waals surface area contributed by atoms with E-state index in [-0.39, 0.29) is 17.2 Å². The van der Waals surface area contributed by atoms with E-state index in [0.717, 1.165) is 53.2 Å². The first-order chi connectivity index (χ1) is 17.6. The predicted octanol–water partition coefficient (Wildman–Crippen LogP) is 3.46. The zero-order valence-electron chi connectivity index (χ0n) is 22.3. The summed E-state index contributed by atoms with van der Waals surface area (Å²) in [7, 11) is 2.17. The van der Waals surface area contributed by atoms with E-state index < -0.39 is 0 Å². The summed E-state index contributed by atoms with van der Waals surface area (Å²) in [4.78, 5) is 26.2. The Morgan fingerprint density at radius 2 is 2.03 bits per heavy atom. The molecule has 10 heteroatoms. The Balaban J connectivity index is 1.33. The van der Waals surface area contributed by atoms with Crippen LogP contribution in [-0.4, -0.2) is 68.3 Å². The molecule has 0 aliphatic carbocycles. The average molecular weight is 503 g/mol. The Bertz CT molecular complexity index is 1430. The van der Waals surface area contributed by atoms with E-state index >= 15 is 0 Å². The Kier molecular flexibility index (Phi) is 6.45. The molecule has 1 amide bonds. The summed E-state index contributed by atoms with van der Waals surface area (Å²) in [5.74, 6) is 0.0919. The highest BCUT2D eigenvalue weighted by Crippen LogP contribution is 2.29. The molecule has 0 spiro atoms. The maximum atomic E-state index is 12.5. The third-order valence-electron chi connectivity index (χ3n) is 7.06. The number of carbonyl (C=O) groups is 1. The summed E-state index contributed by atoms with van der Waals surface area (Å²) in [6.07, 6.45) is 3.68. The number of aromatic nitrogens is 5. The van der Waals surface area contributed by atoms with E-state index in [1.165, 1.54) is 0 Å². The van der Waals surface area contributed by atoms with Gasteiger partial charge in [0.1, 0.15) is 6.33 Å². The molecule has 1 aliphatic heterocycles. The molecule has 37 heavy (non-hydrogen) atoms. The zero-order valence-corrected chi connectivity index (χ0v) is 22.3. The SMILES string of the molecule is Cc1cc(-c2ncnn3cc(N4CCN(C)[C@H](C)C4)cc23)ccc1CNC(=O)c1nc(C(C)(C)C)no1. The number of hydrogen-bond acceptors (Lipinski definition) is 8. The Morgan fingerprint density at radius 1 is 1.22 bits per heavy atom. The molecule has 5 rings (SSSR count). The number of carbonyl (C=O) groups excluding carboxylic acids is 1. The molecule has 1 fully saturated rings. The smallest absolute Gasteiger partial charge is 0.315 e. The van der Waals surface area contributed by atoms with E-state index in [2.05, 4.69) is 67.6 Å². The van der Waals surface area contributed by atoms with E-state index in [1.54, 1.807) is 6.33 Å². The van der Waals surface area contributed by atoms with Crippen molar-refractivity contribution in [3.05, 3.63) is 59.6 Å².